The molecule has 0 spiro atoms. The number of nitrogens with one attached hydrogen (secondary N) is 1. The molecule has 4 aromatic carbocycles. The van der Waals surface area contributed by atoms with Crippen molar-refractivity contribution in [3.63, 3.8) is 0 Å². The van der Waals surface area contributed by atoms with Gasteiger partial charge in [-0.3, -0.25) is 4.98 Å². The van der Waals surface area contributed by atoms with E-state index in [1.807, 2.05) is 49.4 Å². The third-order valence-electron chi connectivity index (χ3n) is 11.1. The third-order valence-corrected chi connectivity index (χ3v) is 11.1. The van der Waals surface area contributed by atoms with Gasteiger partial charge in [0.15, 0.2) is 5.82 Å². The van der Waals surface area contributed by atoms with Crippen molar-refractivity contribution in [3.8, 4) is 33.9 Å². The number of anilines is 1. The van der Waals surface area contributed by atoms with E-state index in [2.05, 4.69) is 138 Å². The van der Waals surface area contributed by atoms with Gasteiger partial charge in [-0.2, -0.15) is 0 Å². The Labute approximate surface area is 338 Å². The Morgan fingerprint density at radius 3 is 2.40 bits per heavy atom. The summed E-state index contributed by atoms with van der Waals surface area (Å²) in [6.45, 7) is 2.00. The van der Waals surface area contributed by atoms with E-state index in [9.17, 15) is 0 Å². The number of aromatic nitrogens is 4. The first kappa shape index (κ1) is 35.0. The van der Waals surface area contributed by atoms with Crippen LogP contribution in [-0.4, -0.2) is 26.0 Å². The van der Waals surface area contributed by atoms with Gasteiger partial charge < -0.3 is 11.1 Å². The average molecular weight is 749 g/mol. The van der Waals surface area contributed by atoms with Gasteiger partial charge in [-0.15, -0.1) is 0 Å². The number of dihydropyridines is 1. The summed E-state index contributed by atoms with van der Waals surface area (Å²) >= 11 is 0. The van der Waals surface area contributed by atoms with Gasteiger partial charge in [0.25, 0.3) is 0 Å². The van der Waals surface area contributed by atoms with Crippen LogP contribution in [0.1, 0.15) is 42.1 Å². The number of hydrogen-bond donors (Lipinski definition) is 2. The van der Waals surface area contributed by atoms with E-state index in [0.717, 1.165) is 90.8 Å². The van der Waals surface area contributed by atoms with Crippen molar-refractivity contribution in [1.82, 2.24) is 25.3 Å². The predicted octanol–water partition coefficient (Wildman–Crippen LogP) is 11.8. The lowest BCUT2D eigenvalue weighted by Gasteiger charge is -2.27. The van der Waals surface area contributed by atoms with Crippen molar-refractivity contribution in [2.24, 2.45) is 0 Å². The lowest BCUT2D eigenvalue weighted by atomic mass is 9.89. The molecule has 1 atom stereocenters. The monoisotopic (exact) mass is 748 g/mol. The first-order valence-corrected chi connectivity index (χ1v) is 19.8. The highest BCUT2D eigenvalue weighted by Gasteiger charge is 2.21. The molecule has 58 heavy (non-hydrogen) atoms. The standard InChI is InChI=1S/C52H40N6/c1-2-10-41-29-43(42-15-9-28-54-51(42)50(41)53)34-18-16-33(17-19-34)39-22-20-37-24-26-44(55-46(37)30-39)40-23-21-38-25-27-45(56-47(38)31-40)52-57-48(35-11-5-3-6-12-35)32-49(58-52)36-13-7-4-8-14-36/h2-7,9-13,15-32,46,55H,8,14,53H2,1H3/b10-2-. The molecule has 0 saturated heterocycles. The lowest BCUT2D eigenvalue weighted by Crippen LogP contribution is -2.30. The minimum Gasteiger partial charge on any atom is -0.396 e. The minimum atomic E-state index is 0.0293. The molecule has 0 amide bonds. The highest BCUT2D eigenvalue weighted by atomic mass is 14.9. The zero-order valence-corrected chi connectivity index (χ0v) is 32.1. The van der Waals surface area contributed by atoms with Crippen LogP contribution in [0.3, 0.4) is 0 Å². The number of nitrogens with two attached hydrogens (primary N) is 1. The maximum Gasteiger partial charge on any atom is 0.179 e. The molecule has 7 aromatic rings. The van der Waals surface area contributed by atoms with E-state index in [1.165, 1.54) is 16.7 Å². The molecule has 0 saturated carbocycles. The van der Waals surface area contributed by atoms with Crippen LogP contribution >= 0.6 is 0 Å². The number of benzene rings is 4. The fraction of sp³-hybridized carbons (Fsp3) is 0.0769. The summed E-state index contributed by atoms with van der Waals surface area (Å²) in [4.78, 5) is 19.9. The Bertz CT molecular complexity index is 2980. The van der Waals surface area contributed by atoms with Gasteiger partial charge in [0, 0.05) is 28.2 Å². The van der Waals surface area contributed by atoms with Gasteiger partial charge in [0.1, 0.15) is 5.69 Å². The maximum absolute atomic E-state index is 6.52. The Kier molecular flexibility index (Phi) is 8.99. The molecule has 2 aliphatic carbocycles. The Hall–Kier alpha value is -7.44. The second-order valence-corrected chi connectivity index (χ2v) is 14.8. The van der Waals surface area contributed by atoms with Crippen LogP contribution in [0, 0.1) is 0 Å². The number of hydrogen-bond acceptors (Lipinski definition) is 6. The SMILES string of the molecule is C/C=C\c1cc(-c2ccc(C3=CC4NC(c5ccc6ccc(-c7nc(C8=CC=CCC8)cc(-c8ccccc8)n7)nc6c5)=CC=C4C=C3)cc2)c2cccnc2c1N. The van der Waals surface area contributed by atoms with E-state index < -0.39 is 0 Å². The van der Waals surface area contributed by atoms with Crippen LogP contribution in [0.2, 0.25) is 0 Å². The molecule has 6 nitrogen and oxygen atoms in total. The van der Waals surface area contributed by atoms with Crippen LogP contribution in [0.15, 0.2) is 176 Å². The molecule has 3 aromatic heterocycles. The molecule has 0 fully saturated rings. The maximum atomic E-state index is 6.52. The second kappa shape index (κ2) is 14.9. The number of fused-ring (bicyclic) bond motifs is 3. The summed E-state index contributed by atoms with van der Waals surface area (Å²) in [5.41, 5.74) is 22.7. The molecule has 10 rings (SSSR count). The fourth-order valence-corrected chi connectivity index (χ4v) is 8.06. The van der Waals surface area contributed by atoms with Gasteiger partial charge >= 0.3 is 0 Å². The van der Waals surface area contributed by atoms with E-state index in [1.54, 1.807) is 6.20 Å². The third kappa shape index (κ3) is 6.65. The molecule has 3 N–H and O–H groups in total. The highest BCUT2D eigenvalue weighted by molar-refractivity contribution is 6.03. The number of rotatable bonds is 7. The fourth-order valence-electron chi connectivity index (χ4n) is 8.06. The van der Waals surface area contributed by atoms with Gasteiger partial charge in [-0.05, 0) is 101 Å². The van der Waals surface area contributed by atoms with Crippen molar-refractivity contribution >= 4 is 50.4 Å². The molecule has 278 valence electrons. The summed E-state index contributed by atoms with van der Waals surface area (Å²) in [6.07, 6.45) is 25.4. The summed E-state index contributed by atoms with van der Waals surface area (Å²) in [7, 11) is 0. The van der Waals surface area contributed by atoms with Gasteiger partial charge in [-0.1, -0.05) is 134 Å². The number of pyridine rings is 2. The first-order chi connectivity index (χ1) is 28.6. The topological polar surface area (TPSA) is 89.6 Å². The van der Waals surface area contributed by atoms with E-state index >= 15 is 0 Å². The number of allylic oxidation sites excluding steroid dienone is 9. The average Bonchev–Trinajstić information content (AvgIpc) is 3.30. The Morgan fingerprint density at radius 1 is 0.724 bits per heavy atom. The van der Waals surface area contributed by atoms with Crippen molar-refractivity contribution in [2.75, 3.05) is 5.73 Å². The largest absolute Gasteiger partial charge is 0.396 e. The van der Waals surface area contributed by atoms with Gasteiger partial charge in [-0.25, -0.2) is 15.0 Å². The van der Waals surface area contributed by atoms with Crippen LogP contribution in [0.5, 0.6) is 0 Å². The predicted molar refractivity (Wildman–Crippen MR) is 241 cm³/mol. The van der Waals surface area contributed by atoms with Crippen LogP contribution in [0.25, 0.3) is 78.6 Å². The van der Waals surface area contributed by atoms with E-state index in [-0.39, 0.29) is 6.04 Å². The summed E-state index contributed by atoms with van der Waals surface area (Å²) < 4.78 is 0. The summed E-state index contributed by atoms with van der Waals surface area (Å²) in [6, 6.07) is 38.0. The van der Waals surface area contributed by atoms with Crippen molar-refractivity contribution in [3.05, 3.63) is 198 Å². The molecule has 1 unspecified atom stereocenters. The molecular formula is C52H40N6. The quantitative estimate of drug-likeness (QED) is 0.158. The van der Waals surface area contributed by atoms with Crippen molar-refractivity contribution in [2.45, 2.75) is 25.8 Å². The smallest absolute Gasteiger partial charge is 0.179 e. The number of nitrogen functional groups attached to an aromatic ring is 1. The van der Waals surface area contributed by atoms with Crippen LogP contribution in [-0.2, 0) is 0 Å². The zero-order chi connectivity index (χ0) is 39.0. The van der Waals surface area contributed by atoms with Crippen molar-refractivity contribution in [1.29, 1.82) is 0 Å². The lowest BCUT2D eigenvalue weighted by molar-refractivity contribution is 0.815. The zero-order valence-electron chi connectivity index (χ0n) is 32.1. The Balaban J connectivity index is 0.930. The summed E-state index contributed by atoms with van der Waals surface area (Å²) in [5, 5.41) is 5.92. The molecule has 0 radical (unpaired) electrons. The van der Waals surface area contributed by atoms with Crippen molar-refractivity contribution < 1.29 is 0 Å². The van der Waals surface area contributed by atoms with E-state index in [0.29, 0.717) is 11.5 Å². The minimum absolute atomic E-state index is 0.0293. The number of nitrogens with zero attached hydrogens (tertiary/aromatic N) is 4. The molecule has 6 heteroatoms. The first-order valence-electron chi connectivity index (χ1n) is 19.8. The summed E-state index contributed by atoms with van der Waals surface area (Å²) in [5.74, 6) is 0.624. The van der Waals surface area contributed by atoms with E-state index in [4.69, 9.17) is 20.7 Å². The van der Waals surface area contributed by atoms with Crippen LogP contribution in [0.4, 0.5) is 5.69 Å². The Morgan fingerprint density at radius 2 is 1.55 bits per heavy atom. The molecule has 3 aliphatic rings. The molecule has 4 heterocycles. The highest BCUT2D eigenvalue weighted by Crippen LogP contribution is 2.36. The van der Waals surface area contributed by atoms with Gasteiger partial charge in [0.2, 0.25) is 0 Å². The second-order valence-electron chi connectivity index (χ2n) is 14.8. The normalized spacial score (nSPS) is 16.1. The molecule has 0 bridgehead atoms. The molecular weight excluding hydrogens is 709 g/mol. The van der Waals surface area contributed by atoms with Crippen LogP contribution < -0.4 is 11.1 Å². The molecule has 1 aliphatic heterocycles. The van der Waals surface area contributed by atoms with Gasteiger partial charge in [0.05, 0.1) is 34.2 Å².